The smallest absolute Gasteiger partial charge is 0.129 e. The largest absolute Gasteiger partial charge is 0.342 e. The van der Waals surface area contributed by atoms with Crippen molar-refractivity contribution in [3.63, 3.8) is 0 Å². The molecule has 0 atom stereocenters. The number of nitrogens with one attached hydrogen (secondary N) is 1. The zero-order chi connectivity index (χ0) is 12.8. The number of rotatable bonds is 1. The number of benzene rings is 1. The Balaban J connectivity index is 1.96. The van der Waals surface area contributed by atoms with Crippen LogP contribution in [0.3, 0.4) is 0 Å². The van der Waals surface area contributed by atoms with E-state index in [0.717, 1.165) is 22.4 Å². The Morgan fingerprint density at radius 3 is 2.72 bits per heavy atom. The number of aromatic amines is 1. The van der Waals surface area contributed by atoms with Crippen molar-refractivity contribution in [1.29, 1.82) is 0 Å². The van der Waals surface area contributed by atoms with Crippen LogP contribution in [0.1, 0.15) is 30.1 Å². The molecule has 0 aliphatic heterocycles. The van der Waals surface area contributed by atoms with E-state index in [1.54, 1.807) is 0 Å². The van der Waals surface area contributed by atoms with Crippen LogP contribution in [-0.2, 0) is 0 Å². The van der Waals surface area contributed by atoms with Crippen LogP contribution in [0.5, 0.6) is 0 Å². The van der Waals surface area contributed by atoms with Gasteiger partial charge in [0.1, 0.15) is 13.9 Å². The number of hydrogen-bond acceptors (Lipinski definition) is 1. The topological polar surface area (TPSA) is 28.7 Å². The van der Waals surface area contributed by atoms with E-state index in [2.05, 4.69) is 59.3 Å². The maximum Gasteiger partial charge on any atom is 0.129 e. The fraction of sp³-hybridized carbons (Fsp3) is 0.400. The standard InChI is InChI=1S/C15H18N2Si/c1-18(2,3)9-8-11-4-7-13-14(10-11)17-15(16-13)12-5-6-12/h4,7,10,12H,5-6H2,1-3H3,(H,16,17). The molecule has 0 unspecified atom stereocenters. The summed E-state index contributed by atoms with van der Waals surface area (Å²) in [5, 5.41) is 0. The SMILES string of the molecule is C[Si](C)(C)C#Cc1ccc2nc(C3CC3)[nH]c2c1. The molecule has 0 amide bonds. The molecule has 18 heavy (non-hydrogen) atoms. The summed E-state index contributed by atoms with van der Waals surface area (Å²) < 4.78 is 0. The maximum atomic E-state index is 4.63. The molecule has 2 aromatic rings. The minimum Gasteiger partial charge on any atom is -0.342 e. The van der Waals surface area contributed by atoms with Crippen LogP contribution in [0, 0.1) is 11.5 Å². The summed E-state index contributed by atoms with van der Waals surface area (Å²) in [7, 11) is -1.30. The molecule has 1 heterocycles. The highest BCUT2D eigenvalue weighted by Gasteiger charge is 2.26. The monoisotopic (exact) mass is 254 g/mol. The van der Waals surface area contributed by atoms with Gasteiger partial charge in [0.25, 0.3) is 0 Å². The van der Waals surface area contributed by atoms with Gasteiger partial charge < -0.3 is 4.98 Å². The first-order valence-electron chi connectivity index (χ1n) is 6.54. The molecule has 0 radical (unpaired) electrons. The molecule has 1 fully saturated rings. The fourth-order valence-corrected chi connectivity index (χ4v) is 2.44. The molecule has 0 bridgehead atoms. The molecule has 1 aliphatic rings. The Kier molecular flexibility index (Phi) is 2.56. The fourth-order valence-electron chi connectivity index (χ4n) is 1.92. The van der Waals surface area contributed by atoms with Gasteiger partial charge in [-0.05, 0) is 31.0 Å². The molecular formula is C15H18N2Si. The van der Waals surface area contributed by atoms with E-state index in [0.29, 0.717) is 5.92 Å². The molecule has 1 aromatic heterocycles. The van der Waals surface area contributed by atoms with Crippen molar-refractivity contribution in [2.45, 2.75) is 38.4 Å². The Morgan fingerprint density at radius 2 is 2.06 bits per heavy atom. The van der Waals surface area contributed by atoms with Crippen LogP contribution >= 0.6 is 0 Å². The summed E-state index contributed by atoms with van der Waals surface area (Å²) in [5.74, 6) is 5.12. The van der Waals surface area contributed by atoms with Crippen molar-refractivity contribution in [2.24, 2.45) is 0 Å². The lowest BCUT2D eigenvalue weighted by atomic mass is 10.2. The number of H-pyrrole nitrogens is 1. The Hall–Kier alpha value is -1.53. The summed E-state index contributed by atoms with van der Waals surface area (Å²) in [6.45, 7) is 6.79. The van der Waals surface area contributed by atoms with E-state index in [4.69, 9.17) is 0 Å². The highest BCUT2D eigenvalue weighted by molar-refractivity contribution is 6.83. The maximum absolute atomic E-state index is 4.63. The first kappa shape index (κ1) is 11.6. The number of imidazole rings is 1. The number of nitrogens with zero attached hydrogens (tertiary/aromatic N) is 1. The van der Waals surface area contributed by atoms with E-state index < -0.39 is 8.07 Å². The third-order valence-electron chi connectivity index (χ3n) is 3.05. The van der Waals surface area contributed by atoms with Crippen LogP contribution in [0.4, 0.5) is 0 Å². The lowest BCUT2D eigenvalue weighted by molar-refractivity contribution is 0.986. The number of fused-ring (bicyclic) bond motifs is 1. The van der Waals surface area contributed by atoms with Gasteiger partial charge >= 0.3 is 0 Å². The zero-order valence-electron chi connectivity index (χ0n) is 11.2. The quantitative estimate of drug-likeness (QED) is 0.610. The molecule has 92 valence electrons. The van der Waals surface area contributed by atoms with Crippen molar-refractivity contribution in [1.82, 2.24) is 9.97 Å². The van der Waals surface area contributed by atoms with Crippen molar-refractivity contribution >= 4 is 19.1 Å². The predicted molar refractivity (Wildman–Crippen MR) is 78.3 cm³/mol. The zero-order valence-corrected chi connectivity index (χ0v) is 12.2. The second-order valence-corrected chi connectivity index (χ2v) is 10.9. The summed E-state index contributed by atoms with van der Waals surface area (Å²) >= 11 is 0. The summed E-state index contributed by atoms with van der Waals surface area (Å²) in [4.78, 5) is 8.06. The average molecular weight is 254 g/mol. The second kappa shape index (κ2) is 3.99. The third kappa shape index (κ3) is 2.49. The van der Waals surface area contributed by atoms with Crippen LogP contribution in [0.25, 0.3) is 11.0 Å². The number of hydrogen-bond donors (Lipinski definition) is 1. The lowest BCUT2D eigenvalue weighted by Gasteiger charge is -2.03. The first-order valence-corrected chi connectivity index (χ1v) is 10.0. The van der Waals surface area contributed by atoms with E-state index in [-0.39, 0.29) is 0 Å². The van der Waals surface area contributed by atoms with Gasteiger partial charge in [-0.2, -0.15) is 0 Å². The van der Waals surface area contributed by atoms with Gasteiger partial charge in [0.2, 0.25) is 0 Å². The number of aromatic nitrogens is 2. The van der Waals surface area contributed by atoms with Crippen molar-refractivity contribution in [3.8, 4) is 11.5 Å². The molecule has 1 N–H and O–H groups in total. The predicted octanol–water partition coefficient (Wildman–Crippen LogP) is 3.67. The van der Waals surface area contributed by atoms with Crippen LogP contribution in [-0.4, -0.2) is 18.0 Å². The molecule has 3 rings (SSSR count). The highest BCUT2D eigenvalue weighted by Crippen LogP contribution is 2.38. The third-order valence-corrected chi connectivity index (χ3v) is 3.92. The van der Waals surface area contributed by atoms with E-state index in [1.807, 2.05) is 0 Å². The van der Waals surface area contributed by atoms with E-state index >= 15 is 0 Å². The van der Waals surface area contributed by atoms with Gasteiger partial charge in [0.05, 0.1) is 11.0 Å². The molecule has 2 nitrogen and oxygen atoms in total. The van der Waals surface area contributed by atoms with Crippen molar-refractivity contribution in [2.75, 3.05) is 0 Å². The van der Waals surface area contributed by atoms with E-state index in [1.165, 1.54) is 12.8 Å². The van der Waals surface area contributed by atoms with Crippen molar-refractivity contribution in [3.05, 3.63) is 29.6 Å². The van der Waals surface area contributed by atoms with Gasteiger partial charge in [0.15, 0.2) is 0 Å². The van der Waals surface area contributed by atoms with Gasteiger partial charge in [-0.15, -0.1) is 5.54 Å². The lowest BCUT2D eigenvalue weighted by Crippen LogP contribution is -2.16. The van der Waals surface area contributed by atoms with Gasteiger partial charge in [0, 0.05) is 11.5 Å². The first-order chi connectivity index (χ1) is 8.51. The molecule has 1 saturated carbocycles. The van der Waals surface area contributed by atoms with Gasteiger partial charge in [-0.25, -0.2) is 4.98 Å². The van der Waals surface area contributed by atoms with Crippen LogP contribution < -0.4 is 0 Å². The second-order valence-electron chi connectivity index (χ2n) is 6.13. The van der Waals surface area contributed by atoms with Crippen LogP contribution in [0.2, 0.25) is 19.6 Å². The van der Waals surface area contributed by atoms with Gasteiger partial charge in [-0.1, -0.05) is 25.6 Å². The minimum atomic E-state index is -1.30. The Labute approximate surface area is 109 Å². The average Bonchev–Trinajstić information content (AvgIpc) is 3.05. The van der Waals surface area contributed by atoms with Crippen LogP contribution in [0.15, 0.2) is 18.2 Å². The van der Waals surface area contributed by atoms with E-state index in [9.17, 15) is 0 Å². The molecule has 0 saturated heterocycles. The van der Waals surface area contributed by atoms with Gasteiger partial charge in [-0.3, -0.25) is 0 Å². The normalized spacial score (nSPS) is 15.5. The molecule has 1 aromatic carbocycles. The minimum absolute atomic E-state index is 0.675. The summed E-state index contributed by atoms with van der Waals surface area (Å²) in [5.41, 5.74) is 6.68. The summed E-state index contributed by atoms with van der Waals surface area (Å²) in [6, 6.07) is 6.28. The molecule has 1 aliphatic carbocycles. The molecule has 0 spiro atoms. The molecular weight excluding hydrogens is 236 g/mol. The van der Waals surface area contributed by atoms with Crippen molar-refractivity contribution < 1.29 is 0 Å². The Morgan fingerprint density at radius 1 is 1.28 bits per heavy atom. The summed E-state index contributed by atoms with van der Waals surface area (Å²) in [6.07, 6.45) is 2.56. The highest BCUT2D eigenvalue weighted by atomic mass is 28.3. The Bertz CT molecular complexity index is 648. The molecule has 3 heteroatoms.